The Morgan fingerprint density at radius 3 is 2.70 bits per heavy atom. The Balaban J connectivity index is 1.45. The second kappa shape index (κ2) is 12.7. The average molecular weight is 412 g/mol. The van der Waals surface area contributed by atoms with Crippen LogP contribution in [0.25, 0.3) is 0 Å². The monoisotopic (exact) mass is 411 g/mol. The van der Waals surface area contributed by atoms with Gasteiger partial charge in [0.2, 0.25) is 0 Å². The number of rotatable bonds is 12. The van der Waals surface area contributed by atoms with Crippen LogP contribution in [-0.4, -0.2) is 61.8 Å². The number of nitrogens with zero attached hydrogens (tertiary/aromatic N) is 3. The molecule has 2 heterocycles. The van der Waals surface area contributed by atoms with Gasteiger partial charge in [-0.05, 0) is 82.2 Å². The number of aromatic nitrogens is 1. The van der Waals surface area contributed by atoms with E-state index in [0.717, 1.165) is 31.0 Å². The van der Waals surface area contributed by atoms with Crippen LogP contribution in [0.4, 0.5) is 0 Å². The van der Waals surface area contributed by atoms with Gasteiger partial charge in [0, 0.05) is 19.9 Å². The summed E-state index contributed by atoms with van der Waals surface area (Å²) < 4.78 is 11.5. The van der Waals surface area contributed by atoms with Crippen molar-refractivity contribution >= 4 is 0 Å². The van der Waals surface area contributed by atoms with Gasteiger partial charge in [-0.3, -0.25) is 9.88 Å². The Bertz CT molecular complexity index is 719. The van der Waals surface area contributed by atoms with E-state index < -0.39 is 0 Å². The molecule has 1 atom stereocenters. The first-order chi connectivity index (χ1) is 14.8. The smallest absolute Gasteiger partial charge is 0.119 e. The summed E-state index contributed by atoms with van der Waals surface area (Å²) in [6.45, 7) is 5.98. The van der Waals surface area contributed by atoms with Crippen LogP contribution in [0.2, 0.25) is 0 Å². The van der Waals surface area contributed by atoms with E-state index in [9.17, 15) is 0 Å². The molecule has 1 saturated heterocycles. The second-order valence-corrected chi connectivity index (χ2v) is 8.25. The first kappa shape index (κ1) is 22.7. The molecule has 0 spiro atoms. The zero-order valence-electron chi connectivity index (χ0n) is 18.6. The molecule has 1 aliphatic heterocycles. The number of hydrogen-bond donors (Lipinski definition) is 0. The maximum absolute atomic E-state index is 6.04. The van der Waals surface area contributed by atoms with Crippen molar-refractivity contribution in [2.45, 2.75) is 44.7 Å². The van der Waals surface area contributed by atoms with Crippen LogP contribution in [0.15, 0.2) is 48.7 Å². The first-order valence-corrected chi connectivity index (χ1v) is 11.3. The number of pyridine rings is 1. The van der Waals surface area contributed by atoms with Crippen molar-refractivity contribution in [1.29, 1.82) is 0 Å². The van der Waals surface area contributed by atoms with Crippen LogP contribution in [-0.2, 0) is 11.3 Å². The van der Waals surface area contributed by atoms with E-state index in [1.165, 1.54) is 50.9 Å². The number of likely N-dealkylation sites (tertiary alicyclic amines) is 1. The standard InChI is InChI=1S/C25H37N3O2/c1-27(25(21-29-2)24-13-4-5-14-26-24)20-22-11-10-12-23(19-22)30-18-9-8-17-28-15-6-3-7-16-28/h4-5,10-14,19,25H,3,6-9,15-18,20-21H2,1-2H3. The minimum Gasteiger partial charge on any atom is -0.494 e. The molecular weight excluding hydrogens is 374 g/mol. The fourth-order valence-electron chi connectivity index (χ4n) is 4.11. The van der Waals surface area contributed by atoms with Gasteiger partial charge in [-0.1, -0.05) is 24.6 Å². The number of methoxy groups -OCH3 is 1. The molecule has 0 bridgehead atoms. The Morgan fingerprint density at radius 2 is 1.93 bits per heavy atom. The predicted molar refractivity (Wildman–Crippen MR) is 122 cm³/mol. The van der Waals surface area contributed by atoms with Crippen LogP contribution in [0, 0.1) is 0 Å². The number of unbranched alkanes of at least 4 members (excludes halogenated alkanes) is 1. The maximum atomic E-state index is 6.04. The minimum absolute atomic E-state index is 0.121. The zero-order chi connectivity index (χ0) is 21.0. The van der Waals surface area contributed by atoms with E-state index >= 15 is 0 Å². The molecule has 1 aliphatic rings. The van der Waals surface area contributed by atoms with E-state index in [0.29, 0.717) is 6.61 Å². The Kier molecular flexibility index (Phi) is 9.61. The molecule has 1 aromatic carbocycles. The van der Waals surface area contributed by atoms with Crippen LogP contribution in [0.1, 0.15) is 49.4 Å². The van der Waals surface area contributed by atoms with Crippen molar-refractivity contribution in [3.05, 3.63) is 59.9 Å². The minimum atomic E-state index is 0.121. The van der Waals surface area contributed by atoms with Gasteiger partial charge < -0.3 is 14.4 Å². The van der Waals surface area contributed by atoms with E-state index in [2.05, 4.69) is 52.2 Å². The molecule has 164 valence electrons. The van der Waals surface area contributed by atoms with Gasteiger partial charge >= 0.3 is 0 Å². The fraction of sp³-hybridized carbons (Fsp3) is 0.560. The summed E-state index contributed by atoms with van der Waals surface area (Å²) in [5.41, 5.74) is 2.27. The predicted octanol–water partition coefficient (Wildman–Crippen LogP) is 4.55. The van der Waals surface area contributed by atoms with Gasteiger partial charge in [0.05, 0.1) is 24.9 Å². The SMILES string of the molecule is COCC(c1ccccn1)N(C)Cc1cccc(OCCCCN2CCCCC2)c1. The lowest BCUT2D eigenvalue weighted by molar-refractivity contribution is 0.0999. The summed E-state index contributed by atoms with van der Waals surface area (Å²) in [5.74, 6) is 0.958. The second-order valence-electron chi connectivity index (χ2n) is 8.25. The summed E-state index contributed by atoms with van der Waals surface area (Å²) in [4.78, 5) is 9.40. The summed E-state index contributed by atoms with van der Waals surface area (Å²) in [7, 11) is 3.86. The topological polar surface area (TPSA) is 37.8 Å². The molecule has 5 nitrogen and oxygen atoms in total. The van der Waals surface area contributed by atoms with Crippen LogP contribution < -0.4 is 4.74 Å². The highest BCUT2D eigenvalue weighted by Crippen LogP contribution is 2.22. The summed E-state index contributed by atoms with van der Waals surface area (Å²) in [6.07, 6.45) is 8.29. The van der Waals surface area contributed by atoms with E-state index in [1.54, 1.807) is 7.11 Å². The molecule has 5 heteroatoms. The van der Waals surface area contributed by atoms with Crippen molar-refractivity contribution in [3.63, 3.8) is 0 Å². The first-order valence-electron chi connectivity index (χ1n) is 11.3. The van der Waals surface area contributed by atoms with Crippen molar-refractivity contribution in [1.82, 2.24) is 14.8 Å². The number of likely N-dealkylation sites (N-methyl/N-ethyl adjacent to an activating group) is 1. The molecule has 0 aliphatic carbocycles. The van der Waals surface area contributed by atoms with E-state index in [4.69, 9.17) is 9.47 Å². The fourth-order valence-corrected chi connectivity index (χ4v) is 4.11. The number of benzene rings is 1. The highest BCUT2D eigenvalue weighted by molar-refractivity contribution is 5.28. The zero-order valence-corrected chi connectivity index (χ0v) is 18.6. The molecule has 3 rings (SSSR count). The molecule has 0 N–H and O–H groups in total. The van der Waals surface area contributed by atoms with Crippen molar-refractivity contribution in [3.8, 4) is 5.75 Å². The third kappa shape index (κ3) is 7.38. The summed E-state index contributed by atoms with van der Waals surface area (Å²) in [6, 6.07) is 14.6. The van der Waals surface area contributed by atoms with Gasteiger partial charge in [0.1, 0.15) is 5.75 Å². The third-order valence-electron chi connectivity index (χ3n) is 5.80. The molecule has 30 heavy (non-hydrogen) atoms. The van der Waals surface area contributed by atoms with Gasteiger partial charge in [0.25, 0.3) is 0 Å². The summed E-state index contributed by atoms with van der Waals surface area (Å²) in [5, 5.41) is 0. The molecule has 0 radical (unpaired) electrons. The average Bonchev–Trinajstić information content (AvgIpc) is 2.79. The van der Waals surface area contributed by atoms with Gasteiger partial charge in [-0.15, -0.1) is 0 Å². The normalized spacial score (nSPS) is 16.0. The number of ether oxygens (including phenoxy) is 2. The molecule has 1 aromatic heterocycles. The number of piperidine rings is 1. The van der Waals surface area contributed by atoms with Gasteiger partial charge in [-0.2, -0.15) is 0 Å². The van der Waals surface area contributed by atoms with Crippen LogP contribution in [0.3, 0.4) is 0 Å². The Morgan fingerprint density at radius 1 is 1.07 bits per heavy atom. The Hall–Kier alpha value is -1.95. The molecule has 0 saturated carbocycles. The maximum Gasteiger partial charge on any atom is 0.119 e. The van der Waals surface area contributed by atoms with Gasteiger partial charge in [0.15, 0.2) is 0 Å². The molecule has 1 fully saturated rings. The highest BCUT2D eigenvalue weighted by Gasteiger charge is 2.18. The Labute approximate surface area is 182 Å². The largest absolute Gasteiger partial charge is 0.494 e. The van der Waals surface area contributed by atoms with Crippen LogP contribution >= 0.6 is 0 Å². The molecular formula is C25H37N3O2. The van der Waals surface area contributed by atoms with Crippen molar-refractivity contribution < 1.29 is 9.47 Å². The number of hydrogen-bond acceptors (Lipinski definition) is 5. The lowest BCUT2D eigenvalue weighted by Crippen LogP contribution is -2.30. The molecule has 1 unspecified atom stereocenters. The molecule has 0 amide bonds. The highest BCUT2D eigenvalue weighted by atomic mass is 16.5. The van der Waals surface area contributed by atoms with Crippen LogP contribution in [0.5, 0.6) is 5.75 Å². The van der Waals surface area contributed by atoms with Crippen molar-refractivity contribution in [2.24, 2.45) is 0 Å². The van der Waals surface area contributed by atoms with Gasteiger partial charge in [-0.25, -0.2) is 0 Å². The third-order valence-corrected chi connectivity index (χ3v) is 5.80. The van der Waals surface area contributed by atoms with E-state index in [-0.39, 0.29) is 6.04 Å². The van der Waals surface area contributed by atoms with E-state index in [1.807, 2.05) is 18.3 Å². The quantitative estimate of drug-likeness (QED) is 0.479. The molecule has 2 aromatic rings. The lowest BCUT2D eigenvalue weighted by Gasteiger charge is -2.27. The lowest BCUT2D eigenvalue weighted by atomic mass is 10.1. The summed E-state index contributed by atoms with van der Waals surface area (Å²) >= 11 is 0. The van der Waals surface area contributed by atoms with Crippen molar-refractivity contribution in [2.75, 3.05) is 47.0 Å².